The lowest BCUT2D eigenvalue weighted by atomic mass is 9.93. The van der Waals surface area contributed by atoms with E-state index in [2.05, 4.69) is 17.1 Å². The molecular formula is C18H15NO. The molecule has 2 nitrogen and oxygen atoms in total. The lowest BCUT2D eigenvalue weighted by molar-refractivity contribution is 0.283. The molecule has 0 aliphatic heterocycles. The van der Waals surface area contributed by atoms with Crippen LogP contribution in [0, 0.1) is 0 Å². The number of rotatable bonds is 3. The highest BCUT2D eigenvalue weighted by molar-refractivity contribution is 5.78. The Balaban J connectivity index is 2.19. The molecule has 1 heterocycles. The fourth-order valence-corrected chi connectivity index (χ4v) is 2.44. The second-order valence-corrected chi connectivity index (χ2v) is 4.60. The molecular weight excluding hydrogens is 246 g/mol. The molecule has 0 spiro atoms. The highest BCUT2D eigenvalue weighted by atomic mass is 16.3. The summed E-state index contributed by atoms with van der Waals surface area (Å²) in [7, 11) is 0. The molecule has 1 aromatic heterocycles. The summed E-state index contributed by atoms with van der Waals surface area (Å²) in [6, 6.07) is 20.1. The van der Waals surface area contributed by atoms with Crippen LogP contribution >= 0.6 is 0 Å². The standard InChI is InChI=1S/C18H15NO/c20-13-18-16(14-6-2-1-3-7-14)9-4-10-17(18)15-8-5-11-19-12-15/h1-12,20H,13H2. The normalized spacial score (nSPS) is 10.4. The van der Waals surface area contributed by atoms with Crippen molar-refractivity contribution in [1.29, 1.82) is 0 Å². The second kappa shape index (κ2) is 5.68. The summed E-state index contributed by atoms with van der Waals surface area (Å²) in [5.74, 6) is 0. The van der Waals surface area contributed by atoms with E-state index in [4.69, 9.17) is 0 Å². The molecule has 0 saturated heterocycles. The van der Waals surface area contributed by atoms with E-state index in [1.54, 1.807) is 6.20 Å². The van der Waals surface area contributed by atoms with Gasteiger partial charge in [0.05, 0.1) is 6.61 Å². The van der Waals surface area contributed by atoms with E-state index in [-0.39, 0.29) is 6.61 Å². The minimum atomic E-state index is 0.00922. The van der Waals surface area contributed by atoms with E-state index in [1.807, 2.05) is 54.7 Å². The van der Waals surface area contributed by atoms with Gasteiger partial charge in [0.2, 0.25) is 0 Å². The van der Waals surface area contributed by atoms with Crippen molar-refractivity contribution in [1.82, 2.24) is 4.98 Å². The van der Waals surface area contributed by atoms with E-state index < -0.39 is 0 Å². The molecule has 0 atom stereocenters. The molecule has 2 aromatic carbocycles. The number of aromatic nitrogens is 1. The molecule has 3 rings (SSSR count). The second-order valence-electron chi connectivity index (χ2n) is 4.60. The lowest BCUT2D eigenvalue weighted by Gasteiger charge is -2.13. The summed E-state index contributed by atoms with van der Waals surface area (Å²) in [6.45, 7) is 0.00922. The first-order valence-electron chi connectivity index (χ1n) is 6.58. The predicted octanol–water partition coefficient (Wildman–Crippen LogP) is 3.91. The van der Waals surface area contributed by atoms with Gasteiger partial charge in [-0.2, -0.15) is 0 Å². The van der Waals surface area contributed by atoms with E-state index in [1.165, 1.54) is 0 Å². The molecule has 0 saturated carbocycles. The molecule has 0 radical (unpaired) electrons. The van der Waals surface area contributed by atoms with Crippen LogP contribution < -0.4 is 0 Å². The third-order valence-electron chi connectivity index (χ3n) is 3.39. The summed E-state index contributed by atoms with van der Waals surface area (Å²) >= 11 is 0. The SMILES string of the molecule is OCc1c(-c2ccccc2)cccc1-c1cccnc1. The maximum atomic E-state index is 9.80. The van der Waals surface area contributed by atoms with Gasteiger partial charge in [-0.15, -0.1) is 0 Å². The Labute approximate surface area is 118 Å². The Kier molecular flexibility index (Phi) is 3.57. The summed E-state index contributed by atoms with van der Waals surface area (Å²) < 4.78 is 0. The molecule has 1 N–H and O–H groups in total. The molecule has 0 aliphatic carbocycles. The fourth-order valence-electron chi connectivity index (χ4n) is 2.44. The fraction of sp³-hybridized carbons (Fsp3) is 0.0556. The molecule has 2 heteroatoms. The van der Waals surface area contributed by atoms with Crippen molar-refractivity contribution < 1.29 is 5.11 Å². The Hall–Kier alpha value is -2.45. The topological polar surface area (TPSA) is 33.1 Å². The third kappa shape index (κ3) is 2.33. The quantitative estimate of drug-likeness (QED) is 0.775. The molecule has 0 bridgehead atoms. The van der Waals surface area contributed by atoms with E-state index in [0.29, 0.717) is 0 Å². The summed E-state index contributed by atoms with van der Waals surface area (Å²) in [4.78, 5) is 4.16. The van der Waals surface area contributed by atoms with E-state index in [0.717, 1.165) is 27.8 Å². The number of hydrogen-bond donors (Lipinski definition) is 1. The van der Waals surface area contributed by atoms with Crippen molar-refractivity contribution in [3.63, 3.8) is 0 Å². The predicted molar refractivity (Wildman–Crippen MR) is 81.0 cm³/mol. The highest BCUT2D eigenvalue weighted by Crippen LogP contribution is 2.31. The summed E-state index contributed by atoms with van der Waals surface area (Å²) in [5.41, 5.74) is 5.17. The molecule has 0 amide bonds. The highest BCUT2D eigenvalue weighted by Gasteiger charge is 2.10. The Morgan fingerprint density at radius 2 is 1.45 bits per heavy atom. The first kappa shape index (κ1) is 12.6. The Bertz CT molecular complexity index is 635. The molecule has 98 valence electrons. The van der Waals surface area contributed by atoms with Gasteiger partial charge in [-0.25, -0.2) is 0 Å². The van der Waals surface area contributed by atoms with Crippen LogP contribution in [0.5, 0.6) is 0 Å². The van der Waals surface area contributed by atoms with Crippen LogP contribution in [0.4, 0.5) is 0 Å². The number of hydrogen-bond acceptors (Lipinski definition) is 2. The minimum absolute atomic E-state index is 0.00922. The maximum Gasteiger partial charge on any atom is 0.0693 e. The van der Waals surface area contributed by atoms with Gasteiger partial charge in [-0.05, 0) is 28.3 Å². The minimum Gasteiger partial charge on any atom is -0.392 e. The molecule has 0 aliphatic rings. The van der Waals surface area contributed by atoms with Crippen LogP contribution in [0.3, 0.4) is 0 Å². The van der Waals surface area contributed by atoms with Crippen LogP contribution in [0.15, 0.2) is 73.1 Å². The zero-order valence-corrected chi connectivity index (χ0v) is 11.0. The molecule has 3 aromatic rings. The number of aliphatic hydroxyl groups is 1. The van der Waals surface area contributed by atoms with Crippen molar-refractivity contribution >= 4 is 0 Å². The van der Waals surface area contributed by atoms with Crippen molar-refractivity contribution in [2.45, 2.75) is 6.61 Å². The smallest absolute Gasteiger partial charge is 0.0693 e. The van der Waals surface area contributed by atoms with Gasteiger partial charge in [0.25, 0.3) is 0 Å². The van der Waals surface area contributed by atoms with Gasteiger partial charge < -0.3 is 5.11 Å². The van der Waals surface area contributed by atoms with Crippen LogP contribution in [0.2, 0.25) is 0 Å². The number of benzene rings is 2. The average Bonchev–Trinajstić information content (AvgIpc) is 2.55. The third-order valence-corrected chi connectivity index (χ3v) is 3.39. The van der Waals surface area contributed by atoms with Crippen molar-refractivity contribution in [3.05, 3.63) is 78.6 Å². The summed E-state index contributed by atoms with van der Waals surface area (Å²) in [5, 5.41) is 9.80. The molecule has 0 unspecified atom stereocenters. The van der Waals surface area contributed by atoms with Crippen LogP contribution in [0.1, 0.15) is 5.56 Å². The first-order valence-corrected chi connectivity index (χ1v) is 6.58. The Morgan fingerprint density at radius 1 is 0.750 bits per heavy atom. The zero-order chi connectivity index (χ0) is 13.8. The number of aliphatic hydroxyl groups excluding tert-OH is 1. The average molecular weight is 261 g/mol. The monoisotopic (exact) mass is 261 g/mol. The van der Waals surface area contributed by atoms with E-state index >= 15 is 0 Å². The van der Waals surface area contributed by atoms with Crippen molar-refractivity contribution in [2.75, 3.05) is 0 Å². The number of nitrogens with zero attached hydrogens (tertiary/aromatic N) is 1. The van der Waals surface area contributed by atoms with Crippen molar-refractivity contribution in [2.24, 2.45) is 0 Å². The van der Waals surface area contributed by atoms with Crippen LogP contribution in [0.25, 0.3) is 22.3 Å². The van der Waals surface area contributed by atoms with Gasteiger partial charge >= 0.3 is 0 Å². The lowest BCUT2D eigenvalue weighted by Crippen LogP contribution is -1.94. The molecule has 0 fully saturated rings. The van der Waals surface area contributed by atoms with Crippen LogP contribution in [-0.4, -0.2) is 10.1 Å². The zero-order valence-electron chi connectivity index (χ0n) is 11.0. The maximum absolute atomic E-state index is 9.80. The summed E-state index contributed by atoms with van der Waals surface area (Å²) in [6.07, 6.45) is 3.58. The van der Waals surface area contributed by atoms with E-state index in [9.17, 15) is 5.11 Å². The molecule has 20 heavy (non-hydrogen) atoms. The van der Waals surface area contributed by atoms with Gasteiger partial charge in [-0.3, -0.25) is 4.98 Å². The largest absolute Gasteiger partial charge is 0.392 e. The van der Waals surface area contributed by atoms with Crippen LogP contribution in [-0.2, 0) is 6.61 Å². The first-order chi connectivity index (χ1) is 9.90. The number of pyridine rings is 1. The van der Waals surface area contributed by atoms with Gasteiger partial charge in [0.15, 0.2) is 0 Å². The van der Waals surface area contributed by atoms with Gasteiger partial charge in [0.1, 0.15) is 0 Å². The Morgan fingerprint density at radius 3 is 2.10 bits per heavy atom. The van der Waals surface area contributed by atoms with Gasteiger partial charge in [-0.1, -0.05) is 54.6 Å². The van der Waals surface area contributed by atoms with Crippen molar-refractivity contribution in [3.8, 4) is 22.3 Å². The van der Waals surface area contributed by atoms with Gasteiger partial charge in [0, 0.05) is 18.0 Å².